The zero-order valence-corrected chi connectivity index (χ0v) is 6.87. The fraction of sp³-hybridized carbons (Fsp3) is 0.286. The van der Waals surface area contributed by atoms with Crippen molar-refractivity contribution in [2.75, 3.05) is 13.2 Å². The number of azide groups is 1. The monoisotopic (exact) mass is 181 g/mol. The lowest BCUT2D eigenvalue weighted by Gasteiger charge is -2.26. The summed E-state index contributed by atoms with van der Waals surface area (Å²) in [6, 6.07) is 0. The van der Waals surface area contributed by atoms with Gasteiger partial charge >= 0.3 is 6.09 Å². The predicted molar refractivity (Wildman–Crippen MR) is 45.4 cm³/mol. The fourth-order valence-electron chi connectivity index (χ4n) is 1.05. The minimum Gasteiger partial charge on any atom is -0.435 e. The van der Waals surface area contributed by atoms with Crippen molar-refractivity contribution in [2.24, 2.45) is 5.11 Å². The molecule has 1 atom stereocenters. The van der Waals surface area contributed by atoms with Crippen LogP contribution in [0, 0.1) is 0 Å². The number of allylic oxidation sites excluding steroid dienone is 2. The first-order valence-electron chi connectivity index (χ1n) is 3.67. The highest BCUT2D eigenvalue weighted by Gasteiger charge is 2.33. The van der Waals surface area contributed by atoms with Crippen LogP contribution in [0.25, 0.3) is 10.4 Å². The molecule has 0 aromatic rings. The Labute approximate surface area is 74.6 Å². The van der Waals surface area contributed by atoms with E-state index in [1.54, 1.807) is 18.2 Å². The first-order chi connectivity index (χ1) is 6.21. The van der Waals surface area contributed by atoms with E-state index >= 15 is 0 Å². The maximum absolute atomic E-state index is 10.9. The highest BCUT2D eigenvalue weighted by Crippen LogP contribution is 2.13. The number of quaternary nitrogens is 1. The molecule has 1 amide bonds. The summed E-state index contributed by atoms with van der Waals surface area (Å²) in [5, 5.41) is 12.2. The van der Waals surface area contributed by atoms with E-state index in [9.17, 15) is 4.79 Å². The summed E-state index contributed by atoms with van der Waals surface area (Å²) in [4.78, 5) is 13.4. The van der Waals surface area contributed by atoms with Crippen molar-refractivity contribution in [2.45, 2.75) is 0 Å². The van der Waals surface area contributed by atoms with Gasteiger partial charge in [-0.05, 0) is 22.8 Å². The Morgan fingerprint density at radius 3 is 2.92 bits per heavy atom. The normalized spacial score (nSPS) is 25.2. The summed E-state index contributed by atoms with van der Waals surface area (Å²) in [6.45, 7) is 0.206. The molecule has 0 aromatic carbocycles. The summed E-state index contributed by atoms with van der Waals surface area (Å²) in [5.74, 6) is 0. The second-order valence-electron chi connectivity index (χ2n) is 2.64. The minimum atomic E-state index is -1.02. The molecule has 0 spiro atoms. The number of nitrogens with zero attached hydrogens (tertiary/aromatic N) is 4. The molecule has 6 nitrogen and oxygen atoms in total. The number of rotatable bonds is 2. The molecule has 1 aliphatic rings. The molecule has 0 aliphatic carbocycles. The average molecular weight is 181 g/mol. The van der Waals surface area contributed by atoms with Gasteiger partial charge in [0.1, 0.15) is 12.7 Å². The van der Waals surface area contributed by atoms with Crippen molar-refractivity contribution in [1.82, 2.24) is 0 Å². The Bertz CT molecular complexity index is 316. The van der Waals surface area contributed by atoms with Gasteiger partial charge in [0.15, 0.2) is 6.67 Å². The van der Waals surface area contributed by atoms with Crippen LogP contribution in [0.2, 0.25) is 0 Å². The first kappa shape index (κ1) is 9.31. The molecular formula is C7H9N4O2+. The Morgan fingerprint density at radius 1 is 1.69 bits per heavy atom. The van der Waals surface area contributed by atoms with Crippen LogP contribution in [0.15, 0.2) is 29.5 Å². The van der Waals surface area contributed by atoms with Gasteiger partial charge < -0.3 is 5.11 Å². The number of carboxylic acid groups (broad SMARTS) is 1. The van der Waals surface area contributed by atoms with Gasteiger partial charge in [-0.3, -0.25) is 0 Å². The summed E-state index contributed by atoms with van der Waals surface area (Å²) in [6.07, 6.45) is 5.59. The van der Waals surface area contributed by atoms with Crippen LogP contribution in [0.1, 0.15) is 0 Å². The van der Waals surface area contributed by atoms with Crippen molar-refractivity contribution < 1.29 is 14.4 Å². The molecule has 0 bridgehead atoms. The second-order valence-corrected chi connectivity index (χ2v) is 2.64. The molecule has 68 valence electrons. The summed E-state index contributed by atoms with van der Waals surface area (Å²) < 4.78 is -0.361. The first-order valence-corrected chi connectivity index (χ1v) is 3.67. The van der Waals surface area contributed by atoms with Gasteiger partial charge in [-0.2, -0.15) is 9.28 Å². The third-order valence-electron chi connectivity index (χ3n) is 1.81. The van der Waals surface area contributed by atoms with Gasteiger partial charge in [-0.15, -0.1) is 0 Å². The minimum absolute atomic E-state index is 0.104. The molecule has 1 rings (SSSR count). The van der Waals surface area contributed by atoms with Crippen molar-refractivity contribution >= 4 is 6.09 Å². The molecule has 1 aliphatic heterocycles. The van der Waals surface area contributed by atoms with Crippen LogP contribution < -0.4 is 0 Å². The third-order valence-corrected chi connectivity index (χ3v) is 1.81. The van der Waals surface area contributed by atoms with Gasteiger partial charge in [0, 0.05) is 4.91 Å². The maximum Gasteiger partial charge on any atom is 0.518 e. The van der Waals surface area contributed by atoms with Crippen LogP contribution in [0.3, 0.4) is 0 Å². The van der Waals surface area contributed by atoms with Gasteiger partial charge in [0.25, 0.3) is 0 Å². The van der Waals surface area contributed by atoms with Crippen molar-refractivity contribution in [3.63, 3.8) is 0 Å². The SMILES string of the molecule is [N-]=[N+]=NC[N+]1(C(=O)O)C=CC=CC1. The van der Waals surface area contributed by atoms with Gasteiger partial charge in [-0.1, -0.05) is 6.08 Å². The van der Waals surface area contributed by atoms with Gasteiger partial charge in [-0.25, -0.2) is 0 Å². The molecule has 0 saturated carbocycles. The van der Waals surface area contributed by atoms with Crippen molar-refractivity contribution in [1.29, 1.82) is 0 Å². The molecule has 0 saturated heterocycles. The highest BCUT2D eigenvalue weighted by molar-refractivity contribution is 5.58. The number of carbonyl (C=O) groups is 1. The lowest BCUT2D eigenvalue weighted by molar-refractivity contribution is -0.799. The van der Waals surface area contributed by atoms with Crippen LogP contribution >= 0.6 is 0 Å². The van der Waals surface area contributed by atoms with Gasteiger partial charge in [0.05, 0.1) is 0 Å². The van der Waals surface area contributed by atoms with Crippen LogP contribution in [-0.4, -0.2) is 28.9 Å². The molecule has 1 unspecified atom stereocenters. The van der Waals surface area contributed by atoms with Gasteiger partial charge in [0.2, 0.25) is 0 Å². The summed E-state index contributed by atoms with van der Waals surface area (Å²) in [5.41, 5.74) is 8.11. The van der Waals surface area contributed by atoms with Crippen molar-refractivity contribution in [3.05, 3.63) is 34.9 Å². The third kappa shape index (κ3) is 1.87. The average Bonchev–Trinajstić information content (AvgIpc) is 2.16. The predicted octanol–water partition coefficient (Wildman–Crippen LogP) is 1.83. The largest absolute Gasteiger partial charge is 0.518 e. The second kappa shape index (κ2) is 3.75. The van der Waals surface area contributed by atoms with Crippen LogP contribution in [0.5, 0.6) is 0 Å². The zero-order valence-electron chi connectivity index (χ0n) is 6.87. The molecule has 0 fully saturated rings. The van der Waals surface area contributed by atoms with E-state index in [1.165, 1.54) is 6.20 Å². The van der Waals surface area contributed by atoms with E-state index in [4.69, 9.17) is 10.6 Å². The Kier molecular flexibility index (Phi) is 2.69. The zero-order chi connectivity index (χ0) is 9.73. The molecule has 6 heteroatoms. The number of hydrogen-bond acceptors (Lipinski definition) is 2. The van der Waals surface area contributed by atoms with E-state index in [0.29, 0.717) is 6.54 Å². The summed E-state index contributed by atoms with van der Waals surface area (Å²) in [7, 11) is 0. The Hall–Kier alpha value is -1.78. The van der Waals surface area contributed by atoms with E-state index in [1.807, 2.05) is 0 Å². The lowest BCUT2D eigenvalue weighted by atomic mass is 10.3. The Morgan fingerprint density at radius 2 is 2.46 bits per heavy atom. The van der Waals surface area contributed by atoms with E-state index in [-0.39, 0.29) is 11.2 Å². The molecule has 1 heterocycles. The maximum atomic E-state index is 10.9. The fourth-order valence-corrected chi connectivity index (χ4v) is 1.05. The molecule has 0 radical (unpaired) electrons. The topological polar surface area (TPSA) is 86.1 Å². The van der Waals surface area contributed by atoms with E-state index < -0.39 is 6.09 Å². The molecule has 1 N–H and O–H groups in total. The smallest absolute Gasteiger partial charge is 0.435 e. The Balaban J connectivity index is 2.88. The summed E-state index contributed by atoms with van der Waals surface area (Å²) >= 11 is 0. The standard InChI is InChI=1S/C7H8N4O2/c8-10-9-6-11(7(12)13)4-2-1-3-5-11/h1-4H,5-6H2/p+1. The lowest BCUT2D eigenvalue weighted by Crippen LogP contribution is -2.48. The van der Waals surface area contributed by atoms with Crippen LogP contribution in [0.4, 0.5) is 4.79 Å². The highest BCUT2D eigenvalue weighted by atomic mass is 16.4. The van der Waals surface area contributed by atoms with Crippen LogP contribution in [-0.2, 0) is 0 Å². The molecule has 0 aromatic heterocycles. The quantitative estimate of drug-likeness (QED) is 0.305. The van der Waals surface area contributed by atoms with Crippen molar-refractivity contribution in [3.8, 4) is 0 Å². The molecular weight excluding hydrogens is 172 g/mol. The number of amides is 1. The number of hydrogen-bond donors (Lipinski definition) is 1. The van der Waals surface area contributed by atoms with E-state index in [0.717, 1.165) is 0 Å². The molecule has 13 heavy (non-hydrogen) atoms. The van der Waals surface area contributed by atoms with E-state index in [2.05, 4.69) is 10.0 Å².